The van der Waals surface area contributed by atoms with Crippen LogP contribution in [0.15, 0.2) is 36.5 Å². The highest BCUT2D eigenvalue weighted by molar-refractivity contribution is 7.15. The van der Waals surface area contributed by atoms with Crippen molar-refractivity contribution in [1.29, 1.82) is 0 Å². The van der Waals surface area contributed by atoms with E-state index in [1.807, 2.05) is 36.5 Å². The van der Waals surface area contributed by atoms with Gasteiger partial charge in [0.1, 0.15) is 0 Å². The zero-order valence-electron chi connectivity index (χ0n) is 13.2. The number of nitrogens with one attached hydrogen (secondary N) is 1. The van der Waals surface area contributed by atoms with Crippen molar-refractivity contribution in [2.75, 3.05) is 18.4 Å². The number of carbonyl (C=O) groups excluding carboxylic acids is 1. The van der Waals surface area contributed by atoms with Crippen molar-refractivity contribution in [3.8, 4) is 0 Å². The first-order chi connectivity index (χ1) is 11.0. The highest BCUT2D eigenvalue weighted by Crippen LogP contribution is 2.33. The molecule has 2 N–H and O–H groups in total. The Hall–Kier alpha value is -1.76. The van der Waals surface area contributed by atoms with Gasteiger partial charge in [0.15, 0.2) is 5.13 Å². The van der Waals surface area contributed by atoms with Crippen LogP contribution in [-0.4, -0.2) is 34.0 Å². The summed E-state index contributed by atoms with van der Waals surface area (Å²) in [5, 5.41) is 14.2. The molecule has 122 valence electrons. The molecule has 0 atom stereocenters. The predicted octanol–water partition coefficient (Wildman–Crippen LogP) is 2.59. The molecule has 0 spiro atoms. The van der Waals surface area contributed by atoms with Crippen LogP contribution in [0, 0.1) is 0 Å². The van der Waals surface area contributed by atoms with Crippen molar-refractivity contribution in [2.45, 2.75) is 31.9 Å². The molecule has 0 saturated carbocycles. The van der Waals surface area contributed by atoms with Crippen LogP contribution >= 0.6 is 11.3 Å². The molecule has 0 unspecified atom stereocenters. The van der Waals surface area contributed by atoms with Gasteiger partial charge >= 0.3 is 0 Å². The molecule has 6 heteroatoms. The highest BCUT2D eigenvalue weighted by Gasteiger charge is 2.33. The molecule has 5 nitrogen and oxygen atoms in total. The minimum atomic E-state index is -0.715. The molecule has 3 rings (SSSR count). The summed E-state index contributed by atoms with van der Waals surface area (Å²) in [6.07, 6.45) is 3.27. The third kappa shape index (κ3) is 3.96. The summed E-state index contributed by atoms with van der Waals surface area (Å²) in [4.78, 5) is 18.7. The van der Waals surface area contributed by atoms with Crippen LogP contribution in [0.2, 0.25) is 0 Å². The quantitative estimate of drug-likeness (QED) is 0.904. The fourth-order valence-corrected chi connectivity index (χ4v) is 3.83. The molecule has 23 heavy (non-hydrogen) atoms. The number of piperidine rings is 1. The smallest absolute Gasteiger partial charge is 0.223 e. The van der Waals surface area contributed by atoms with Gasteiger partial charge in [-0.25, -0.2) is 4.98 Å². The molecule has 1 aromatic carbocycles. The van der Waals surface area contributed by atoms with Gasteiger partial charge in [0, 0.05) is 37.6 Å². The maximum absolute atomic E-state index is 11.0. The van der Waals surface area contributed by atoms with E-state index in [-0.39, 0.29) is 5.91 Å². The Kier molecular flexibility index (Phi) is 4.75. The summed E-state index contributed by atoms with van der Waals surface area (Å²) in [6.45, 7) is 3.98. The van der Waals surface area contributed by atoms with Crippen molar-refractivity contribution in [2.24, 2.45) is 0 Å². The van der Waals surface area contributed by atoms with E-state index in [9.17, 15) is 9.90 Å². The summed E-state index contributed by atoms with van der Waals surface area (Å²) in [7, 11) is 0. The topological polar surface area (TPSA) is 65.5 Å². The Morgan fingerprint density at radius 2 is 2.04 bits per heavy atom. The summed E-state index contributed by atoms with van der Waals surface area (Å²) < 4.78 is 0. The third-order valence-electron chi connectivity index (χ3n) is 4.21. The summed E-state index contributed by atoms with van der Waals surface area (Å²) in [5.41, 5.74) is 0.290. The lowest BCUT2D eigenvalue weighted by Crippen LogP contribution is -2.42. The van der Waals surface area contributed by atoms with E-state index in [1.54, 1.807) is 0 Å². The number of rotatable bonds is 4. The maximum atomic E-state index is 11.0. The van der Waals surface area contributed by atoms with E-state index in [0.717, 1.165) is 42.9 Å². The molecule has 1 fully saturated rings. The Bertz CT molecular complexity index is 663. The number of amides is 1. The fraction of sp³-hybridized carbons (Fsp3) is 0.412. The number of aliphatic hydroxyl groups is 1. The molecule has 0 aliphatic carbocycles. The normalized spacial score (nSPS) is 17.8. The first-order valence-corrected chi connectivity index (χ1v) is 8.59. The summed E-state index contributed by atoms with van der Waals surface area (Å²) in [6, 6.07) is 9.91. The minimum absolute atomic E-state index is 0.100. The number of thiazole rings is 1. The molecule has 2 aromatic rings. The molecular weight excluding hydrogens is 310 g/mol. The zero-order valence-corrected chi connectivity index (χ0v) is 14.0. The van der Waals surface area contributed by atoms with Gasteiger partial charge in [-0.15, -0.1) is 11.3 Å². The lowest BCUT2D eigenvalue weighted by molar-refractivity contribution is -0.114. The highest BCUT2D eigenvalue weighted by atomic mass is 32.1. The number of nitrogens with zero attached hydrogens (tertiary/aromatic N) is 2. The Morgan fingerprint density at radius 3 is 2.70 bits per heavy atom. The summed E-state index contributed by atoms with van der Waals surface area (Å²) in [5.74, 6) is -0.100. The van der Waals surface area contributed by atoms with E-state index in [0.29, 0.717) is 5.13 Å². The van der Waals surface area contributed by atoms with Crippen LogP contribution < -0.4 is 5.32 Å². The van der Waals surface area contributed by atoms with E-state index in [2.05, 4.69) is 15.2 Å². The Labute approximate surface area is 140 Å². The van der Waals surface area contributed by atoms with Crippen molar-refractivity contribution in [3.05, 3.63) is 47.0 Å². The molecule has 1 aromatic heterocycles. The average Bonchev–Trinajstić information content (AvgIpc) is 2.97. The molecule has 1 saturated heterocycles. The second kappa shape index (κ2) is 6.78. The van der Waals surface area contributed by atoms with Crippen LogP contribution in [0.1, 0.15) is 30.2 Å². The maximum Gasteiger partial charge on any atom is 0.223 e. The van der Waals surface area contributed by atoms with Gasteiger partial charge in [-0.2, -0.15) is 0 Å². The van der Waals surface area contributed by atoms with Crippen molar-refractivity contribution in [1.82, 2.24) is 9.88 Å². The fourth-order valence-electron chi connectivity index (χ4n) is 2.93. The second-order valence-corrected chi connectivity index (χ2v) is 7.10. The van der Waals surface area contributed by atoms with Crippen molar-refractivity contribution >= 4 is 22.4 Å². The van der Waals surface area contributed by atoms with Crippen molar-refractivity contribution < 1.29 is 9.90 Å². The largest absolute Gasteiger partial charge is 0.385 e. The lowest BCUT2D eigenvalue weighted by atomic mass is 9.84. The SMILES string of the molecule is CC(=O)Nc1ncc(CN2CCC(O)(c3ccccc3)CC2)s1. The van der Waals surface area contributed by atoms with Gasteiger partial charge in [0.25, 0.3) is 0 Å². The van der Waals surface area contributed by atoms with Crippen LogP contribution in [-0.2, 0) is 16.9 Å². The minimum Gasteiger partial charge on any atom is -0.385 e. The Morgan fingerprint density at radius 1 is 1.35 bits per heavy atom. The van der Waals surface area contributed by atoms with Crippen LogP contribution in [0.25, 0.3) is 0 Å². The monoisotopic (exact) mass is 331 g/mol. The zero-order chi connectivity index (χ0) is 16.3. The molecular formula is C17H21N3O2S. The standard InChI is InChI=1S/C17H21N3O2S/c1-13(21)19-16-18-11-15(23-16)12-20-9-7-17(22,8-10-20)14-5-3-2-4-6-14/h2-6,11,22H,7-10,12H2,1H3,(H,18,19,21). The van der Waals surface area contributed by atoms with Crippen LogP contribution in [0.5, 0.6) is 0 Å². The van der Waals surface area contributed by atoms with E-state index in [4.69, 9.17) is 0 Å². The summed E-state index contributed by atoms with van der Waals surface area (Å²) >= 11 is 1.50. The van der Waals surface area contributed by atoms with E-state index >= 15 is 0 Å². The number of carbonyl (C=O) groups is 1. The lowest BCUT2D eigenvalue weighted by Gasteiger charge is -2.38. The first kappa shape index (κ1) is 16.1. The van der Waals surface area contributed by atoms with Gasteiger partial charge in [0.2, 0.25) is 5.91 Å². The second-order valence-electron chi connectivity index (χ2n) is 5.99. The van der Waals surface area contributed by atoms with Crippen molar-refractivity contribution in [3.63, 3.8) is 0 Å². The number of benzene rings is 1. The molecule has 0 bridgehead atoms. The molecule has 1 aliphatic heterocycles. The van der Waals surface area contributed by atoms with E-state index < -0.39 is 5.60 Å². The molecule has 1 amide bonds. The number of anilines is 1. The average molecular weight is 331 g/mol. The van der Waals surface area contributed by atoms with Gasteiger partial charge in [-0.3, -0.25) is 9.69 Å². The van der Waals surface area contributed by atoms with Gasteiger partial charge < -0.3 is 10.4 Å². The molecule has 0 radical (unpaired) electrons. The third-order valence-corrected chi connectivity index (χ3v) is 5.11. The molecule has 1 aliphatic rings. The van der Waals surface area contributed by atoms with E-state index in [1.165, 1.54) is 18.3 Å². The van der Waals surface area contributed by atoms with Gasteiger partial charge in [0.05, 0.1) is 5.60 Å². The van der Waals surface area contributed by atoms with Crippen LogP contribution in [0.3, 0.4) is 0 Å². The number of hydrogen-bond donors (Lipinski definition) is 2. The molecule has 2 heterocycles. The Balaban J connectivity index is 1.57. The number of aromatic nitrogens is 1. The van der Waals surface area contributed by atoms with Gasteiger partial charge in [-0.05, 0) is 18.4 Å². The van der Waals surface area contributed by atoms with Crippen LogP contribution in [0.4, 0.5) is 5.13 Å². The number of likely N-dealkylation sites (tertiary alicyclic amines) is 1. The van der Waals surface area contributed by atoms with Gasteiger partial charge in [-0.1, -0.05) is 30.3 Å². The first-order valence-electron chi connectivity index (χ1n) is 7.78. The number of hydrogen-bond acceptors (Lipinski definition) is 5. The predicted molar refractivity (Wildman–Crippen MR) is 91.3 cm³/mol.